The first-order valence-corrected chi connectivity index (χ1v) is 10.5. The summed E-state index contributed by atoms with van der Waals surface area (Å²) >= 11 is 0. The fraction of sp³-hybridized carbons (Fsp3) is 0.529. The molecule has 0 aliphatic carbocycles. The molecule has 5 heteroatoms. The molecule has 0 fully saturated rings. The Bertz CT molecular complexity index is 628. The second kappa shape index (κ2) is 5.53. The molecule has 0 radical (unpaired) electrons. The van der Waals surface area contributed by atoms with Crippen LogP contribution in [-0.4, -0.2) is 20.8 Å². The molecule has 22 heavy (non-hydrogen) atoms. The van der Waals surface area contributed by atoms with Gasteiger partial charge in [0.2, 0.25) is 5.91 Å². The molecular formula is C17H24N2O2Si. The van der Waals surface area contributed by atoms with Crippen molar-refractivity contribution in [3.8, 4) is 6.07 Å². The second-order valence-electron chi connectivity index (χ2n) is 7.47. The molecule has 0 spiro atoms. The Labute approximate surface area is 133 Å². The van der Waals surface area contributed by atoms with Crippen molar-refractivity contribution in [2.24, 2.45) is 0 Å². The molecule has 0 aromatic heterocycles. The van der Waals surface area contributed by atoms with Crippen LogP contribution in [0.15, 0.2) is 24.3 Å². The summed E-state index contributed by atoms with van der Waals surface area (Å²) in [4.78, 5) is 12.6. The van der Waals surface area contributed by atoms with Crippen LogP contribution in [0.4, 0.5) is 5.69 Å². The van der Waals surface area contributed by atoms with Gasteiger partial charge in [0.25, 0.3) is 0 Å². The van der Waals surface area contributed by atoms with Crippen LogP contribution in [0.5, 0.6) is 0 Å². The lowest BCUT2D eigenvalue weighted by molar-refractivity contribution is -0.121. The van der Waals surface area contributed by atoms with Gasteiger partial charge in [-0.05, 0) is 29.8 Å². The topological polar surface area (TPSA) is 62.1 Å². The van der Waals surface area contributed by atoms with Crippen LogP contribution in [0.1, 0.15) is 32.8 Å². The molecule has 4 nitrogen and oxygen atoms in total. The van der Waals surface area contributed by atoms with E-state index in [1.54, 1.807) is 0 Å². The van der Waals surface area contributed by atoms with Gasteiger partial charge in [-0.15, -0.1) is 0 Å². The highest BCUT2D eigenvalue weighted by molar-refractivity contribution is 6.74. The van der Waals surface area contributed by atoms with E-state index in [1.807, 2.05) is 24.3 Å². The van der Waals surface area contributed by atoms with Crippen molar-refractivity contribution in [1.82, 2.24) is 0 Å². The zero-order valence-corrected chi connectivity index (χ0v) is 15.0. The highest BCUT2D eigenvalue weighted by Gasteiger charge is 2.49. The highest BCUT2D eigenvalue weighted by atomic mass is 28.4. The average molecular weight is 316 g/mol. The zero-order chi connectivity index (χ0) is 16.6. The Morgan fingerprint density at radius 2 is 1.95 bits per heavy atom. The minimum atomic E-state index is -1.99. The van der Waals surface area contributed by atoms with Gasteiger partial charge in [-0.2, -0.15) is 5.26 Å². The van der Waals surface area contributed by atoms with Crippen molar-refractivity contribution in [2.45, 2.75) is 50.7 Å². The monoisotopic (exact) mass is 316 g/mol. The summed E-state index contributed by atoms with van der Waals surface area (Å²) in [7, 11) is -1.99. The summed E-state index contributed by atoms with van der Waals surface area (Å²) in [5.74, 6) is -0.131. The number of hydrogen-bond donors (Lipinski definition) is 1. The number of fused-ring (bicyclic) bond motifs is 1. The van der Waals surface area contributed by atoms with Crippen molar-refractivity contribution < 1.29 is 9.22 Å². The number of para-hydroxylation sites is 1. The van der Waals surface area contributed by atoms with Gasteiger partial charge in [-0.3, -0.25) is 4.79 Å². The fourth-order valence-corrected chi connectivity index (χ4v) is 3.44. The SMILES string of the molecule is CC(C)(C)[Si](C)(C)OC[C@@]1(CC#N)C(=O)Nc2ccccc21. The van der Waals surface area contributed by atoms with Crippen LogP contribution in [-0.2, 0) is 14.6 Å². The molecule has 118 valence electrons. The van der Waals surface area contributed by atoms with E-state index in [9.17, 15) is 10.1 Å². The first-order valence-electron chi connectivity index (χ1n) is 7.56. The summed E-state index contributed by atoms with van der Waals surface area (Å²) in [5.41, 5.74) is 0.780. The van der Waals surface area contributed by atoms with Crippen LogP contribution < -0.4 is 5.32 Å². The number of rotatable bonds is 4. The molecule has 1 aromatic rings. The van der Waals surface area contributed by atoms with Crippen LogP contribution in [0.2, 0.25) is 18.1 Å². The van der Waals surface area contributed by atoms with Gasteiger partial charge in [-0.1, -0.05) is 39.0 Å². The average Bonchev–Trinajstić information content (AvgIpc) is 2.69. The van der Waals surface area contributed by atoms with E-state index in [0.29, 0.717) is 0 Å². The number of nitrogens with zero attached hydrogens (tertiary/aromatic N) is 1. The van der Waals surface area contributed by atoms with E-state index < -0.39 is 13.7 Å². The van der Waals surface area contributed by atoms with E-state index in [-0.39, 0.29) is 24.0 Å². The quantitative estimate of drug-likeness (QED) is 0.859. The Hall–Kier alpha value is -1.64. The van der Waals surface area contributed by atoms with Gasteiger partial charge in [0.15, 0.2) is 8.32 Å². The zero-order valence-electron chi connectivity index (χ0n) is 14.0. The third-order valence-corrected chi connectivity index (χ3v) is 9.47. The Morgan fingerprint density at radius 1 is 1.32 bits per heavy atom. The van der Waals surface area contributed by atoms with E-state index >= 15 is 0 Å². The molecule has 1 aliphatic heterocycles. The number of carbonyl (C=O) groups is 1. The smallest absolute Gasteiger partial charge is 0.238 e. The van der Waals surface area contributed by atoms with E-state index in [1.165, 1.54) is 0 Å². The number of hydrogen-bond acceptors (Lipinski definition) is 3. The van der Waals surface area contributed by atoms with Crippen molar-refractivity contribution in [2.75, 3.05) is 11.9 Å². The molecule has 0 saturated carbocycles. The molecule has 0 saturated heterocycles. The third-order valence-electron chi connectivity index (χ3n) is 4.99. The molecule has 2 rings (SSSR count). The number of nitriles is 1. The molecular weight excluding hydrogens is 292 g/mol. The fourth-order valence-electron chi connectivity index (χ4n) is 2.40. The summed E-state index contributed by atoms with van der Waals surface area (Å²) < 4.78 is 6.29. The lowest BCUT2D eigenvalue weighted by atomic mass is 9.80. The van der Waals surface area contributed by atoms with Gasteiger partial charge in [-0.25, -0.2) is 0 Å². The van der Waals surface area contributed by atoms with Crippen molar-refractivity contribution >= 4 is 19.9 Å². The predicted octanol–water partition coefficient (Wildman–Crippen LogP) is 3.81. The largest absolute Gasteiger partial charge is 0.415 e. The van der Waals surface area contributed by atoms with Gasteiger partial charge in [0.1, 0.15) is 5.41 Å². The molecule has 1 amide bonds. The Morgan fingerprint density at radius 3 is 2.55 bits per heavy atom. The molecule has 1 aliphatic rings. The molecule has 0 bridgehead atoms. The number of nitrogens with one attached hydrogen (secondary N) is 1. The summed E-state index contributed by atoms with van der Waals surface area (Å²) in [5, 5.41) is 12.2. The molecule has 1 heterocycles. The number of benzene rings is 1. The predicted molar refractivity (Wildman–Crippen MR) is 90.1 cm³/mol. The van der Waals surface area contributed by atoms with Crippen molar-refractivity contribution in [1.29, 1.82) is 5.26 Å². The van der Waals surface area contributed by atoms with Crippen molar-refractivity contribution in [3.63, 3.8) is 0 Å². The maximum atomic E-state index is 12.6. The normalized spacial score (nSPS) is 21.2. The van der Waals surface area contributed by atoms with Crippen LogP contribution in [0.25, 0.3) is 0 Å². The first kappa shape index (κ1) is 16.7. The maximum absolute atomic E-state index is 12.6. The lowest BCUT2D eigenvalue weighted by Crippen LogP contribution is -2.47. The Balaban J connectivity index is 2.36. The summed E-state index contributed by atoms with van der Waals surface area (Å²) in [6, 6.07) is 9.75. The minimum absolute atomic E-state index is 0.0649. The minimum Gasteiger partial charge on any atom is -0.415 e. The highest BCUT2D eigenvalue weighted by Crippen LogP contribution is 2.43. The van der Waals surface area contributed by atoms with Gasteiger partial charge < -0.3 is 9.74 Å². The summed E-state index contributed by atoms with van der Waals surface area (Å²) in [6.45, 7) is 11.1. The lowest BCUT2D eigenvalue weighted by Gasteiger charge is -2.38. The molecule has 1 N–H and O–H groups in total. The second-order valence-corrected chi connectivity index (χ2v) is 12.3. The number of anilines is 1. The number of carbonyl (C=O) groups excluding carboxylic acids is 1. The van der Waals surface area contributed by atoms with E-state index in [4.69, 9.17) is 4.43 Å². The first-order chi connectivity index (χ1) is 10.1. The maximum Gasteiger partial charge on any atom is 0.238 e. The molecule has 0 unspecified atom stereocenters. The van der Waals surface area contributed by atoms with Gasteiger partial charge >= 0.3 is 0 Å². The van der Waals surface area contributed by atoms with Crippen LogP contribution >= 0.6 is 0 Å². The van der Waals surface area contributed by atoms with E-state index in [0.717, 1.165) is 11.3 Å². The molecule has 1 aromatic carbocycles. The van der Waals surface area contributed by atoms with E-state index in [2.05, 4.69) is 45.3 Å². The standard InChI is InChI=1S/C17H24N2O2Si/c1-16(2,3)22(4,5)21-12-17(10-11-18)13-8-6-7-9-14(13)19-15(17)20/h6-9H,10,12H2,1-5H3,(H,19,20)/t17-/m1/s1. The third kappa shape index (κ3) is 2.69. The van der Waals surface area contributed by atoms with Crippen LogP contribution in [0.3, 0.4) is 0 Å². The van der Waals surface area contributed by atoms with Gasteiger partial charge in [0, 0.05) is 5.69 Å². The van der Waals surface area contributed by atoms with Crippen LogP contribution in [0, 0.1) is 11.3 Å². The van der Waals surface area contributed by atoms with Crippen molar-refractivity contribution in [3.05, 3.63) is 29.8 Å². The Kier molecular flexibility index (Phi) is 4.20. The molecule has 1 atom stereocenters. The summed E-state index contributed by atoms with van der Waals surface area (Å²) in [6.07, 6.45) is 0.129. The number of amides is 1. The van der Waals surface area contributed by atoms with Gasteiger partial charge in [0.05, 0.1) is 19.1 Å².